The largest absolute Gasteiger partial charge is 0.496 e. The van der Waals surface area contributed by atoms with E-state index in [2.05, 4.69) is 30.5 Å². The maximum atomic E-state index is 5.42. The van der Waals surface area contributed by atoms with Gasteiger partial charge in [0.15, 0.2) is 0 Å². The average Bonchev–Trinajstić information content (AvgIpc) is 2.35. The van der Waals surface area contributed by atoms with Gasteiger partial charge in [-0.25, -0.2) is 0 Å². The van der Waals surface area contributed by atoms with Crippen molar-refractivity contribution < 1.29 is 4.74 Å². The summed E-state index contributed by atoms with van der Waals surface area (Å²) in [5.74, 6) is 1.68. The lowest BCUT2D eigenvalue weighted by molar-refractivity contribution is 0.401. The molecule has 0 aromatic heterocycles. The number of hydrogen-bond acceptors (Lipinski definition) is 3. The van der Waals surface area contributed by atoms with Gasteiger partial charge in [0, 0.05) is 23.8 Å². The number of nitrogens with one attached hydrogen (secondary N) is 2. The normalized spacial score (nSPS) is 18.7. The van der Waals surface area contributed by atoms with Crippen molar-refractivity contribution in [1.82, 2.24) is 5.32 Å². The standard InChI is InChI=1S/C14H22N2O/c1-10(2)8-15-11-7-12-13(16-9-11)5-4-6-14(12)17-3/h4-6,10-11,15-16H,7-9H2,1-3H3. The van der Waals surface area contributed by atoms with Crippen LogP contribution in [0.25, 0.3) is 0 Å². The van der Waals surface area contributed by atoms with E-state index in [9.17, 15) is 0 Å². The molecule has 1 aromatic carbocycles. The molecule has 3 heteroatoms. The lowest BCUT2D eigenvalue weighted by Crippen LogP contribution is -2.41. The minimum atomic E-state index is 0.501. The van der Waals surface area contributed by atoms with Crippen molar-refractivity contribution in [3.63, 3.8) is 0 Å². The molecule has 1 aliphatic rings. The highest BCUT2D eigenvalue weighted by molar-refractivity contribution is 5.59. The first-order valence-corrected chi connectivity index (χ1v) is 6.34. The zero-order chi connectivity index (χ0) is 12.3. The number of methoxy groups -OCH3 is 1. The highest BCUT2D eigenvalue weighted by atomic mass is 16.5. The SMILES string of the molecule is COc1cccc2c1CC(NCC(C)C)CN2. The molecule has 0 saturated heterocycles. The summed E-state index contributed by atoms with van der Waals surface area (Å²) in [5, 5.41) is 7.06. The van der Waals surface area contributed by atoms with Crippen molar-refractivity contribution in [3.05, 3.63) is 23.8 Å². The maximum absolute atomic E-state index is 5.42. The molecule has 1 heterocycles. The minimum Gasteiger partial charge on any atom is -0.496 e. The van der Waals surface area contributed by atoms with Crippen LogP contribution in [0.3, 0.4) is 0 Å². The van der Waals surface area contributed by atoms with Crippen LogP contribution in [0.5, 0.6) is 5.75 Å². The van der Waals surface area contributed by atoms with Crippen LogP contribution in [0.1, 0.15) is 19.4 Å². The number of rotatable bonds is 4. The molecule has 1 unspecified atom stereocenters. The number of ether oxygens (including phenoxy) is 1. The van der Waals surface area contributed by atoms with E-state index in [4.69, 9.17) is 4.74 Å². The molecular weight excluding hydrogens is 212 g/mol. The summed E-state index contributed by atoms with van der Waals surface area (Å²) in [6.07, 6.45) is 1.04. The quantitative estimate of drug-likeness (QED) is 0.838. The fraction of sp³-hybridized carbons (Fsp3) is 0.571. The Hall–Kier alpha value is -1.22. The molecule has 0 spiro atoms. The Morgan fingerprint density at radius 3 is 3.00 bits per heavy atom. The number of benzene rings is 1. The van der Waals surface area contributed by atoms with E-state index in [-0.39, 0.29) is 0 Å². The van der Waals surface area contributed by atoms with Gasteiger partial charge in [-0.2, -0.15) is 0 Å². The molecule has 0 saturated carbocycles. The van der Waals surface area contributed by atoms with E-state index in [1.807, 2.05) is 12.1 Å². The number of hydrogen-bond donors (Lipinski definition) is 2. The first-order chi connectivity index (χ1) is 8.20. The van der Waals surface area contributed by atoms with Gasteiger partial charge in [-0.1, -0.05) is 19.9 Å². The summed E-state index contributed by atoms with van der Waals surface area (Å²) in [7, 11) is 1.74. The number of anilines is 1. The van der Waals surface area contributed by atoms with Crippen LogP contribution in [0.15, 0.2) is 18.2 Å². The van der Waals surface area contributed by atoms with Gasteiger partial charge in [-0.3, -0.25) is 0 Å². The third kappa shape index (κ3) is 2.91. The molecule has 2 rings (SSSR count). The van der Waals surface area contributed by atoms with Crippen LogP contribution in [0.2, 0.25) is 0 Å². The molecule has 0 fully saturated rings. The molecule has 17 heavy (non-hydrogen) atoms. The van der Waals surface area contributed by atoms with Crippen molar-refractivity contribution in [2.45, 2.75) is 26.3 Å². The topological polar surface area (TPSA) is 33.3 Å². The fourth-order valence-corrected chi connectivity index (χ4v) is 2.23. The molecule has 2 N–H and O–H groups in total. The summed E-state index contributed by atoms with van der Waals surface area (Å²) in [6.45, 7) is 6.53. The van der Waals surface area contributed by atoms with Crippen molar-refractivity contribution in [2.75, 3.05) is 25.5 Å². The molecule has 0 amide bonds. The van der Waals surface area contributed by atoms with Crippen LogP contribution in [0, 0.1) is 5.92 Å². The summed E-state index contributed by atoms with van der Waals surface area (Å²) >= 11 is 0. The third-order valence-electron chi connectivity index (χ3n) is 3.16. The Morgan fingerprint density at radius 2 is 2.29 bits per heavy atom. The van der Waals surface area contributed by atoms with Gasteiger partial charge < -0.3 is 15.4 Å². The zero-order valence-electron chi connectivity index (χ0n) is 10.9. The molecule has 1 aliphatic heterocycles. The lowest BCUT2D eigenvalue weighted by Gasteiger charge is -2.28. The van der Waals surface area contributed by atoms with Gasteiger partial charge in [0.1, 0.15) is 5.75 Å². The smallest absolute Gasteiger partial charge is 0.124 e. The van der Waals surface area contributed by atoms with Crippen LogP contribution < -0.4 is 15.4 Å². The van der Waals surface area contributed by atoms with Crippen LogP contribution in [0.4, 0.5) is 5.69 Å². The van der Waals surface area contributed by atoms with Gasteiger partial charge in [-0.05, 0) is 31.0 Å². The van der Waals surface area contributed by atoms with Crippen LogP contribution in [-0.2, 0) is 6.42 Å². The molecule has 3 nitrogen and oxygen atoms in total. The lowest BCUT2D eigenvalue weighted by atomic mass is 9.98. The second kappa shape index (κ2) is 5.41. The molecule has 0 aliphatic carbocycles. The van der Waals surface area contributed by atoms with Crippen molar-refractivity contribution in [1.29, 1.82) is 0 Å². The summed E-state index contributed by atoms with van der Waals surface area (Å²) < 4.78 is 5.42. The summed E-state index contributed by atoms with van der Waals surface area (Å²) in [5.41, 5.74) is 2.51. The Morgan fingerprint density at radius 1 is 1.47 bits per heavy atom. The number of fused-ring (bicyclic) bond motifs is 1. The van der Waals surface area contributed by atoms with Crippen molar-refractivity contribution >= 4 is 5.69 Å². The second-order valence-electron chi connectivity index (χ2n) is 5.07. The maximum Gasteiger partial charge on any atom is 0.124 e. The molecule has 1 atom stereocenters. The second-order valence-corrected chi connectivity index (χ2v) is 5.07. The predicted octanol–water partition coefficient (Wildman–Crippen LogP) is 2.28. The van der Waals surface area contributed by atoms with Crippen LogP contribution >= 0.6 is 0 Å². The highest BCUT2D eigenvalue weighted by Gasteiger charge is 2.20. The zero-order valence-corrected chi connectivity index (χ0v) is 10.9. The van der Waals surface area contributed by atoms with E-state index in [0.29, 0.717) is 12.0 Å². The van der Waals surface area contributed by atoms with Gasteiger partial charge in [0.25, 0.3) is 0 Å². The van der Waals surface area contributed by atoms with E-state index in [0.717, 1.165) is 25.3 Å². The average molecular weight is 234 g/mol. The van der Waals surface area contributed by atoms with Gasteiger partial charge in [0.05, 0.1) is 7.11 Å². The van der Waals surface area contributed by atoms with Gasteiger partial charge >= 0.3 is 0 Å². The van der Waals surface area contributed by atoms with Crippen molar-refractivity contribution in [3.8, 4) is 5.75 Å². The fourth-order valence-electron chi connectivity index (χ4n) is 2.23. The first kappa shape index (κ1) is 12.2. The Bertz CT molecular complexity index is 362. The van der Waals surface area contributed by atoms with E-state index in [1.54, 1.807) is 7.11 Å². The highest BCUT2D eigenvalue weighted by Crippen LogP contribution is 2.30. The van der Waals surface area contributed by atoms with E-state index < -0.39 is 0 Å². The van der Waals surface area contributed by atoms with E-state index >= 15 is 0 Å². The third-order valence-corrected chi connectivity index (χ3v) is 3.16. The van der Waals surface area contributed by atoms with Crippen LogP contribution in [-0.4, -0.2) is 26.2 Å². The Kier molecular flexibility index (Phi) is 3.89. The first-order valence-electron chi connectivity index (χ1n) is 6.34. The summed E-state index contributed by atoms with van der Waals surface area (Å²) in [6, 6.07) is 6.69. The minimum absolute atomic E-state index is 0.501. The Balaban J connectivity index is 2.06. The Labute approximate surface area is 104 Å². The summed E-state index contributed by atoms with van der Waals surface area (Å²) in [4.78, 5) is 0. The van der Waals surface area contributed by atoms with Gasteiger partial charge in [-0.15, -0.1) is 0 Å². The van der Waals surface area contributed by atoms with E-state index in [1.165, 1.54) is 11.3 Å². The molecular formula is C14H22N2O. The molecule has 0 radical (unpaired) electrons. The molecule has 1 aromatic rings. The molecule has 94 valence electrons. The molecule has 0 bridgehead atoms. The van der Waals surface area contributed by atoms with Crippen molar-refractivity contribution in [2.24, 2.45) is 5.92 Å². The van der Waals surface area contributed by atoms with Gasteiger partial charge in [0.2, 0.25) is 0 Å². The predicted molar refractivity (Wildman–Crippen MR) is 71.8 cm³/mol. The monoisotopic (exact) mass is 234 g/mol.